The van der Waals surface area contributed by atoms with E-state index in [1.165, 1.54) is 6.92 Å². The van der Waals surface area contributed by atoms with Crippen molar-refractivity contribution in [2.24, 2.45) is 28.6 Å². The van der Waals surface area contributed by atoms with Crippen LogP contribution in [0, 0.1) is 28.6 Å². The van der Waals surface area contributed by atoms with E-state index in [-0.39, 0.29) is 35.9 Å². The number of hydrogen-bond acceptors (Lipinski definition) is 7. The molecule has 0 saturated heterocycles. The summed E-state index contributed by atoms with van der Waals surface area (Å²) in [6, 6.07) is 0. The SMILES string of the molecule is CC(C)(O)CC[C@@H](OP(=O)(O)O)[C@](C)(O)[C@H]1CCC2(O)C3=CC(=O)[C@@H]4C[C@@H](O)CC[C@]4(C)[C@H]3CC[C@]12C. The van der Waals surface area contributed by atoms with Crippen LogP contribution in [0.2, 0.25) is 0 Å². The molecule has 9 nitrogen and oxygen atoms in total. The fourth-order valence-electron chi connectivity index (χ4n) is 8.58. The molecule has 0 radical (unpaired) electrons. The van der Waals surface area contributed by atoms with Gasteiger partial charge in [-0.3, -0.25) is 9.32 Å². The molecule has 0 amide bonds. The number of hydrogen-bond donors (Lipinski definition) is 6. The molecule has 3 saturated carbocycles. The van der Waals surface area contributed by atoms with Gasteiger partial charge in [-0.1, -0.05) is 13.8 Å². The third-order valence-corrected chi connectivity index (χ3v) is 11.2. The highest BCUT2D eigenvalue weighted by atomic mass is 31.2. The number of allylic oxidation sites excluding steroid dienone is 1. The Morgan fingerprint density at radius 1 is 1.08 bits per heavy atom. The zero-order valence-corrected chi connectivity index (χ0v) is 23.6. The predicted octanol–water partition coefficient (Wildman–Crippen LogP) is 3.00. The van der Waals surface area contributed by atoms with Crippen molar-refractivity contribution in [2.45, 2.75) is 121 Å². The molecular weight excluding hydrogens is 499 g/mol. The standard InChI is InChI=1S/C27H45O9P/c1-23(2,30)10-9-22(36-37(33,34)35)26(5,31)21-8-13-27(32)18-15-20(29)19-14-16(28)6-11-24(19,3)17(18)7-12-25(21,27)4/h15-17,19,21-22,28,30-32H,6-14H2,1-5H3,(H2,33,34,35)/t16-,17-,19-,21-,22+,24+,25+,26+,27?/m0/s1. The second kappa shape index (κ2) is 9.20. The number of rotatable bonds is 7. The molecule has 0 aromatic carbocycles. The minimum Gasteiger partial charge on any atom is -0.393 e. The van der Waals surface area contributed by atoms with Crippen LogP contribution in [0.25, 0.3) is 0 Å². The fraction of sp³-hybridized carbons (Fsp3) is 0.889. The summed E-state index contributed by atoms with van der Waals surface area (Å²) in [4.78, 5) is 32.5. The lowest BCUT2D eigenvalue weighted by atomic mass is 9.46. The minimum atomic E-state index is -4.96. The summed E-state index contributed by atoms with van der Waals surface area (Å²) in [5.41, 5.74) is -4.70. The Balaban J connectivity index is 1.70. The first-order chi connectivity index (χ1) is 16.7. The quantitative estimate of drug-likeness (QED) is 0.264. The van der Waals surface area contributed by atoms with Gasteiger partial charge in [-0.2, -0.15) is 0 Å². The Morgan fingerprint density at radius 2 is 1.73 bits per heavy atom. The van der Waals surface area contributed by atoms with Crippen molar-refractivity contribution in [2.75, 3.05) is 0 Å². The van der Waals surface area contributed by atoms with Crippen molar-refractivity contribution in [1.29, 1.82) is 0 Å². The number of aliphatic hydroxyl groups excluding tert-OH is 1. The first-order valence-corrected chi connectivity index (χ1v) is 15.1. The highest BCUT2D eigenvalue weighted by Crippen LogP contribution is 2.69. The molecule has 9 atom stereocenters. The molecule has 212 valence electrons. The van der Waals surface area contributed by atoms with Crippen molar-refractivity contribution in [3.8, 4) is 0 Å². The highest BCUT2D eigenvalue weighted by molar-refractivity contribution is 7.46. The van der Waals surface area contributed by atoms with Crippen molar-refractivity contribution in [1.82, 2.24) is 0 Å². The number of aliphatic hydroxyl groups is 4. The molecule has 4 rings (SSSR count). The lowest BCUT2D eigenvalue weighted by Gasteiger charge is -2.60. The molecule has 1 unspecified atom stereocenters. The first kappa shape index (κ1) is 29.3. The Bertz CT molecular complexity index is 996. The first-order valence-electron chi connectivity index (χ1n) is 13.6. The van der Waals surface area contributed by atoms with Gasteiger partial charge in [-0.05, 0) is 107 Å². The molecule has 3 fully saturated rings. The van der Waals surface area contributed by atoms with E-state index in [4.69, 9.17) is 4.52 Å². The molecule has 0 aliphatic heterocycles. The third-order valence-electron chi connectivity index (χ3n) is 10.7. The number of carbonyl (C=O) groups excluding carboxylic acids is 1. The molecule has 37 heavy (non-hydrogen) atoms. The molecule has 10 heteroatoms. The summed E-state index contributed by atoms with van der Waals surface area (Å²) < 4.78 is 17.0. The maximum atomic E-state index is 13.3. The number of fused-ring (bicyclic) bond motifs is 5. The normalized spacial score (nSPS) is 42.8. The number of ketones is 1. The molecule has 0 aromatic heterocycles. The third kappa shape index (κ3) is 4.93. The Labute approximate surface area is 219 Å². The fourth-order valence-corrected chi connectivity index (χ4v) is 9.23. The van der Waals surface area contributed by atoms with E-state index in [9.17, 15) is 39.6 Å². The second-order valence-corrected chi connectivity index (χ2v) is 14.8. The van der Waals surface area contributed by atoms with Crippen molar-refractivity contribution in [3.63, 3.8) is 0 Å². The van der Waals surface area contributed by atoms with Gasteiger partial charge in [0.25, 0.3) is 0 Å². The van der Waals surface area contributed by atoms with Crippen LogP contribution in [-0.4, -0.2) is 65.0 Å². The maximum absolute atomic E-state index is 13.3. The van der Waals surface area contributed by atoms with Gasteiger partial charge in [0, 0.05) is 11.3 Å². The smallest absolute Gasteiger partial charge is 0.393 e. The molecule has 0 spiro atoms. The lowest BCUT2D eigenvalue weighted by molar-refractivity contribution is -0.170. The van der Waals surface area contributed by atoms with Crippen LogP contribution in [0.1, 0.15) is 92.4 Å². The lowest BCUT2D eigenvalue weighted by Crippen LogP contribution is -2.62. The van der Waals surface area contributed by atoms with Gasteiger partial charge in [0.05, 0.1) is 29.0 Å². The van der Waals surface area contributed by atoms with E-state index in [2.05, 4.69) is 6.92 Å². The van der Waals surface area contributed by atoms with Crippen molar-refractivity contribution in [3.05, 3.63) is 11.6 Å². The average Bonchev–Trinajstić information content (AvgIpc) is 3.03. The monoisotopic (exact) mass is 544 g/mol. The highest BCUT2D eigenvalue weighted by Gasteiger charge is 2.69. The second-order valence-electron chi connectivity index (χ2n) is 13.6. The van der Waals surface area contributed by atoms with Gasteiger partial charge < -0.3 is 30.2 Å². The Morgan fingerprint density at radius 3 is 2.32 bits per heavy atom. The van der Waals surface area contributed by atoms with Crippen LogP contribution in [0.4, 0.5) is 0 Å². The molecule has 0 aromatic rings. The molecule has 6 N–H and O–H groups in total. The maximum Gasteiger partial charge on any atom is 0.469 e. The molecule has 4 aliphatic carbocycles. The largest absolute Gasteiger partial charge is 0.469 e. The predicted molar refractivity (Wildman–Crippen MR) is 136 cm³/mol. The van der Waals surface area contributed by atoms with Crippen LogP contribution < -0.4 is 0 Å². The van der Waals surface area contributed by atoms with Crippen LogP contribution in [0.15, 0.2) is 11.6 Å². The van der Waals surface area contributed by atoms with E-state index in [0.29, 0.717) is 50.5 Å². The number of carbonyl (C=O) groups is 1. The van der Waals surface area contributed by atoms with Gasteiger partial charge in [0.15, 0.2) is 5.78 Å². The van der Waals surface area contributed by atoms with E-state index in [1.54, 1.807) is 19.9 Å². The van der Waals surface area contributed by atoms with Crippen LogP contribution >= 0.6 is 7.82 Å². The topological polar surface area (TPSA) is 165 Å². The van der Waals surface area contributed by atoms with Crippen molar-refractivity contribution >= 4 is 13.6 Å². The molecule has 4 aliphatic rings. The number of phosphoric acid groups is 1. The van der Waals surface area contributed by atoms with Gasteiger partial charge in [-0.25, -0.2) is 4.57 Å². The van der Waals surface area contributed by atoms with E-state index in [0.717, 1.165) is 0 Å². The minimum absolute atomic E-state index is 0.0122. The summed E-state index contributed by atoms with van der Waals surface area (Å²) in [5.74, 6) is -0.921. The van der Waals surface area contributed by atoms with E-state index in [1.807, 2.05) is 6.92 Å². The van der Waals surface area contributed by atoms with Gasteiger partial charge in [0.1, 0.15) is 0 Å². The Kier molecular flexibility index (Phi) is 7.30. The van der Waals surface area contributed by atoms with Gasteiger partial charge in [0.2, 0.25) is 0 Å². The van der Waals surface area contributed by atoms with Crippen molar-refractivity contribution < 1.29 is 44.1 Å². The average molecular weight is 545 g/mol. The summed E-state index contributed by atoms with van der Waals surface area (Å²) in [7, 11) is -4.96. The van der Waals surface area contributed by atoms with Crippen LogP contribution in [0.5, 0.6) is 0 Å². The summed E-state index contributed by atoms with van der Waals surface area (Å²) in [6.07, 6.45) is 3.74. The summed E-state index contributed by atoms with van der Waals surface area (Å²) in [6.45, 7) is 8.68. The van der Waals surface area contributed by atoms with E-state index >= 15 is 0 Å². The van der Waals surface area contributed by atoms with Gasteiger partial charge >= 0.3 is 7.82 Å². The summed E-state index contributed by atoms with van der Waals surface area (Å²) in [5, 5.41) is 44.7. The Hall–Kier alpha value is -0.640. The summed E-state index contributed by atoms with van der Waals surface area (Å²) >= 11 is 0. The molecule has 0 heterocycles. The zero-order chi connectivity index (χ0) is 27.8. The van der Waals surface area contributed by atoms with Crippen LogP contribution in [-0.2, 0) is 13.9 Å². The number of phosphoric ester groups is 1. The van der Waals surface area contributed by atoms with E-state index < -0.39 is 48.2 Å². The zero-order valence-electron chi connectivity index (χ0n) is 22.7. The molecule has 0 bridgehead atoms. The van der Waals surface area contributed by atoms with Crippen LogP contribution in [0.3, 0.4) is 0 Å². The van der Waals surface area contributed by atoms with Gasteiger partial charge in [-0.15, -0.1) is 0 Å². The molecular formula is C27H45O9P.